The summed E-state index contributed by atoms with van der Waals surface area (Å²) >= 11 is 0. The Morgan fingerprint density at radius 3 is 2.45 bits per heavy atom. The summed E-state index contributed by atoms with van der Waals surface area (Å²) < 4.78 is 26.0. The third kappa shape index (κ3) is 4.45. The Kier molecular flexibility index (Phi) is 4.89. The molecule has 0 radical (unpaired) electrons. The Labute approximate surface area is 117 Å². The zero-order valence-corrected chi connectivity index (χ0v) is 11.5. The molecule has 0 spiro atoms. The molecule has 1 aromatic rings. The van der Waals surface area contributed by atoms with Gasteiger partial charge in [-0.1, -0.05) is 0 Å². The first-order chi connectivity index (χ1) is 9.52. The number of nitrogens with one attached hydrogen (secondary N) is 2. The predicted octanol–water partition coefficient (Wildman–Crippen LogP) is 1.86. The number of benzene rings is 1. The van der Waals surface area contributed by atoms with E-state index in [0.29, 0.717) is 5.56 Å². The molecule has 0 aliphatic carbocycles. The van der Waals surface area contributed by atoms with Gasteiger partial charge in [0.2, 0.25) is 0 Å². The number of amides is 2. The molecular formula is C14H19F2N3O. The van der Waals surface area contributed by atoms with Crippen LogP contribution in [0.4, 0.5) is 13.6 Å². The normalized spacial score (nSPS) is 16.9. The average Bonchev–Trinajstić information content (AvgIpc) is 2.38. The Morgan fingerprint density at radius 1 is 1.25 bits per heavy atom. The van der Waals surface area contributed by atoms with E-state index in [0.717, 1.165) is 32.0 Å². The SMILES string of the molecule is CN1CCC(NC(=O)NCc2cc(F)cc(F)c2)CC1. The second-order valence-electron chi connectivity index (χ2n) is 5.18. The summed E-state index contributed by atoms with van der Waals surface area (Å²) in [6, 6.07) is 3.08. The first-order valence-corrected chi connectivity index (χ1v) is 6.71. The summed E-state index contributed by atoms with van der Waals surface area (Å²) in [5.74, 6) is -1.28. The van der Waals surface area contributed by atoms with Gasteiger partial charge in [-0.3, -0.25) is 0 Å². The van der Waals surface area contributed by atoms with Crippen LogP contribution in [0.1, 0.15) is 18.4 Å². The maximum absolute atomic E-state index is 13.0. The van der Waals surface area contributed by atoms with Crippen LogP contribution >= 0.6 is 0 Å². The van der Waals surface area contributed by atoms with Gasteiger partial charge in [0.25, 0.3) is 0 Å². The van der Waals surface area contributed by atoms with Gasteiger partial charge in [0.05, 0.1) is 0 Å². The number of hydrogen-bond donors (Lipinski definition) is 2. The number of piperidine rings is 1. The van der Waals surface area contributed by atoms with Crippen molar-refractivity contribution in [2.45, 2.75) is 25.4 Å². The molecule has 0 bridgehead atoms. The van der Waals surface area contributed by atoms with Gasteiger partial charge in [-0.2, -0.15) is 0 Å². The van der Waals surface area contributed by atoms with Crippen molar-refractivity contribution >= 4 is 6.03 Å². The van der Waals surface area contributed by atoms with E-state index in [1.54, 1.807) is 0 Å². The molecular weight excluding hydrogens is 264 g/mol. The van der Waals surface area contributed by atoms with Crippen LogP contribution in [0.2, 0.25) is 0 Å². The number of rotatable bonds is 3. The van der Waals surface area contributed by atoms with Crippen LogP contribution in [-0.4, -0.2) is 37.1 Å². The van der Waals surface area contributed by atoms with E-state index < -0.39 is 11.6 Å². The first kappa shape index (κ1) is 14.7. The fourth-order valence-electron chi connectivity index (χ4n) is 2.28. The van der Waals surface area contributed by atoms with Gasteiger partial charge >= 0.3 is 6.03 Å². The molecule has 1 heterocycles. The van der Waals surface area contributed by atoms with Crippen molar-refractivity contribution in [1.29, 1.82) is 0 Å². The molecule has 110 valence electrons. The topological polar surface area (TPSA) is 44.4 Å². The maximum Gasteiger partial charge on any atom is 0.315 e. The van der Waals surface area contributed by atoms with Crippen molar-refractivity contribution in [3.8, 4) is 0 Å². The predicted molar refractivity (Wildman–Crippen MR) is 72.2 cm³/mol. The summed E-state index contributed by atoms with van der Waals surface area (Å²) in [5.41, 5.74) is 0.404. The molecule has 4 nitrogen and oxygen atoms in total. The van der Waals surface area contributed by atoms with E-state index in [2.05, 4.69) is 22.6 Å². The molecule has 20 heavy (non-hydrogen) atoms. The average molecular weight is 283 g/mol. The van der Waals surface area contributed by atoms with Gasteiger partial charge in [0.15, 0.2) is 0 Å². The van der Waals surface area contributed by atoms with Crippen LogP contribution in [-0.2, 0) is 6.54 Å². The largest absolute Gasteiger partial charge is 0.335 e. The van der Waals surface area contributed by atoms with Gasteiger partial charge in [0.1, 0.15) is 11.6 Å². The lowest BCUT2D eigenvalue weighted by atomic mass is 10.1. The molecule has 1 saturated heterocycles. The fourth-order valence-corrected chi connectivity index (χ4v) is 2.28. The fraction of sp³-hybridized carbons (Fsp3) is 0.500. The Hall–Kier alpha value is -1.69. The van der Waals surface area contributed by atoms with E-state index in [9.17, 15) is 13.6 Å². The van der Waals surface area contributed by atoms with Gasteiger partial charge < -0.3 is 15.5 Å². The summed E-state index contributed by atoms with van der Waals surface area (Å²) in [4.78, 5) is 13.9. The summed E-state index contributed by atoms with van der Waals surface area (Å²) in [7, 11) is 2.05. The van der Waals surface area contributed by atoms with Crippen LogP contribution in [0, 0.1) is 11.6 Å². The van der Waals surface area contributed by atoms with Crippen LogP contribution in [0.15, 0.2) is 18.2 Å². The molecule has 0 saturated carbocycles. The lowest BCUT2D eigenvalue weighted by Crippen LogP contribution is -2.46. The van der Waals surface area contributed by atoms with Crippen molar-refractivity contribution in [2.75, 3.05) is 20.1 Å². The van der Waals surface area contributed by atoms with E-state index in [1.807, 2.05) is 0 Å². The Morgan fingerprint density at radius 2 is 1.85 bits per heavy atom. The van der Waals surface area contributed by atoms with Crippen molar-refractivity contribution < 1.29 is 13.6 Å². The molecule has 0 unspecified atom stereocenters. The van der Waals surface area contributed by atoms with Gasteiger partial charge in [-0.05, 0) is 50.7 Å². The van der Waals surface area contributed by atoms with Gasteiger partial charge in [0, 0.05) is 18.7 Å². The quantitative estimate of drug-likeness (QED) is 0.889. The molecule has 1 aliphatic heterocycles. The minimum absolute atomic E-state index is 0.104. The second kappa shape index (κ2) is 6.65. The molecule has 0 aromatic heterocycles. The zero-order chi connectivity index (χ0) is 14.5. The number of halogens is 2. The highest BCUT2D eigenvalue weighted by Gasteiger charge is 2.18. The van der Waals surface area contributed by atoms with Gasteiger partial charge in [-0.25, -0.2) is 13.6 Å². The summed E-state index contributed by atoms with van der Waals surface area (Å²) in [6.07, 6.45) is 1.83. The summed E-state index contributed by atoms with van der Waals surface area (Å²) in [5, 5.41) is 5.49. The molecule has 1 fully saturated rings. The molecule has 2 amide bonds. The van der Waals surface area contributed by atoms with Crippen LogP contribution < -0.4 is 10.6 Å². The molecule has 2 N–H and O–H groups in total. The number of urea groups is 1. The molecule has 6 heteroatoms. The third-order valence-electron chi connectivity index (χ3n) is 3.43. The lowest BCUT2D eigenvalue weighted by molar-refractivity contribution is 0.213. The highest BCUT2D eigenvalue weighted by molar-refractivity contribution is 5.74. The standard InChI is InChI=1S/C14H19F2N3O/c1-19-4-2-13(3-5-19)18-14(20)17-9-10-6-11(15)8-12(16)7-10/h6-8,13H,2-5,9H2,1H3,(H2,17,18,20). The van der Waals surface area contributed by atoms with E-state index in [1.165, 1.54) is 12.1 Å². The van der Waals surface area contributed by atoms with Crippen molar-refractivity contribution in [3.63, 3.8) is 0 Å². The van der Waals surface area contributed by atoms with Crippen LogP contribution in [0.3, 0.4) is 0 Å². The van der Waals surface area contributed by atoms with Crippen molar-refractivity contribution in [2.24, 2.45) is 0 Å². The van der Waals surface area contributed by atoms with E-state index in [-0.39, 0.29) is 18.6 Å². The lowest BCUT2D eigenvalue weighted by Gasteiger charge is -2.29. The Balaban J connectivity index is 1.77. The molecule has 0 atom stereocenters. The number of hydrogen-bond acceptors (Lipinski definition) is 2. The minimum Gasteiger partial charge on any atom is -0.335 e. The highest BCUT2D eigenvalue weighted by atomic mass is 19.1. The second-order valence-corrected chi connectivity index (χ2v) is 5.18. The molecule has 2 rings (SSSR count). The van der Waals surface area contributed by atoms with Crippen molar-refractivity contribution in [1.82, 2.24) is 15.5 Å². The van der Waals surface area contributed by atoms with Crippen LogP contribution in [0.25, 0.3) is 0 Å². The molecule has 1 aromatic carbocycles. The van der Waals surface area contributed by atoms with Crippen LogP contribution in [0.5, 0.6) is 0 Å². The summed E-state index contributed by atoms with van der Waals surface area (Å²) in [6.45, 7) is 2.02. The highest BCUT2D eigenvalue weighted by Crippen LogP contribution is 2.09. The van der Waals surface area contributed by atoms with E-state index >= 15 is 0 Å². The minimum atomic E-state index is -0.641. The maximum atomic E-state index is 13.0. The monoisotopic (exact) mass is 283 g/mol. The number of nitrogens with zero attached hydrogens (tertiary/aromatic N) is 1. The first-order valence-electron chi connectivity index (χ1n) is 6.71. The van der Waals surface area contributed by atoms with Crippen molar-refractivity contribution in [3.05, 3.63) is 35.4 Å². The number of likely N-dealkylation sites (tertiary alicyclic amines) is 1. The molecule has 1 aliphatic rings. The zero-order valence-electron chi connectivity index (χ0n) is 11.5. The Bertz CT molecular complexity index is 453. The third-order valence-corrected chi connectivity index (χ3v) is 3.43. The van der Waals surface area contributed by atoms with E-state index in [4.69, 9.17) is 0 Å². The number of carbonyl (C=O) groups is 1. The smallest absolute Gasteiger partial charge is 0.315 e. The van der Waals surface area contributed by atoms with Gasteiger partial charge in [-0.15, -0.1) is 0 Å². The number of carbonyl (C=O) groups excluding carboxylic acids is 1.